The number of nitrogens with zero attached hydrogens (tertiary/aromatic N) is 2. The fourth-order valence-corrected chi connectivity index (χ4v) is 1.76. The first kappa shape index (κ1) is 10.1. The molecule has 2 rings (SSSR count). The summed E-state index contributed by atoms with van der Waals surface area (Å²) in [5.74, 6) is 0.939. The third-order valence-electron chi connectivity index (χ3n) is 2.65. The normalized spacial score (nSPS) is 13.3. The number of hydrogen-bond acceptors (Lipinski definition) is 3. The van der Waals surface area contributed by atoms with Crippen molar-refractivity contribution in [2.24, 2.45) is 5.73 Å². The molecule has 0 bridgehead atoms. The van der Waals surface area contributed by atoms with Crippen molar-refractivity contribution >= 4 is 5.52 Å². The molecule has 2 heterocycles. The van der Waals surface area contributed by atoms with Gasteiger partial charge in [-0.15, -0.1) is 0 Å². The molecule has 0 saturated heterocycles. The Balaban J connectivity index is 2.60. The minimum Gasteiger partial charge on any atom is -0.394 e. The largest absolute Gasteiger partial charge is 0.394 e. The Kier molecular flexibility index (Phi) is 2.46. The van der Waals surface area contributed by atoms with E-state index in [0.29, 0.717) is 0 Å². The van der Waals surface area contributed by atoms with Gasteiger partial charge in [0.05, 0.1) is 23.9 Å². The van der Waals surface area contributed by atoms with Gasteiger partial charge in [-0.1, -0.05) is 6.07 Å². The highest BCUT2D eigenvalue weighted by molar-refractivity contribution is 5.53. The molecule has 0 aliphatic heterocycles. The number of aryl methyl sites for hydroxylation is 2. The number of imidazole rings is 1. The Hall–Kier alpha value is -1.39. The van der Waals surface area contributed by atoms with Crippen LogP contribution in [0.15, 0.2) is 18.3 Å². The molecule has 80 valence electrons. The van der Waals surface area contributed by atoms with Crippen LogP contribution in [0, 0.1) is 13.8 Å². The van der Waals surface area contributed by atoms with E-state index in [1.807, 2.05) is 36.6 Å². The summed E-state index contributed by atoms with van der Waals surface area (Å²) in [6.45, 7) is 3.89. The van der Waals surface area contributed by atoms with Crippen LogP contribution in [-0.2, 0) is 0 Å². The van der Waals surface area contributed by atoms with Gasteiger partial charge in [0.1, 0.15) is 5.82 Å². The second kappa shape index (κ2) is 3.64. The van der Waals surface area contributed by atoms with Crippen molar-refractivity contribution < 1.29 is 5.11 Å². The van der Waals surface area contributed by atoms with E-state index in [-0.39, 0.29) is 12.6 Å². The first-order valence-electron chi connectivity index (χ1n) is 4.95. The Bertz CT molecular complexity index is 490. The standard InChI is InChI=1S/C11H15N3O/c1-7-11-4-3-9(10(12)6-15)5-14(11)8(2)13-7/h3-5,10,15H,6,12H2,1-2H3. The minimum atomic E-state index is -0.323. The van der Waals surface area contributed by atoms with E-state index in [1.54, 1.807) is 0 Å². The van der Waals surface area contributed by atoms with Crippen LogP contribution >= 0.6 is 0 Å². The lowest BCUT2D eigenvalue weighted by molar-refractivity contribution is 0.267. The predicted octanol–water partition coefficient (Wildman–Crippen LogP) is 0.943. The molecule has 0 aromatic carbocycles. The van der Waals surface area contributed by atoms with E-state index in [1.165, 1.54) is 0 Å². The van der Waals surface area contributed by atoms with Crippen molar-refractivity contribution in [3.05, 3.63) is 35.4 Å². The van der Waals surface area contributed by atoms with Gasteiger partial charge < -0.3 is 15.2 Å². The maximum atomic E-state index is 8.98. The number of nitrogens with two attached hydrogens (primary N) is 1. The Morgan fingerprint density at radius 3 is 2.87 bits per heavy atom. The summed E-state index contributed by atoms with van der Waals surface area (Å²) in [5, 5.41) is 8.98. The maximum absolute atomic E-state index is 8.98. The number of aliphatic hydroxyl groups excluding tert-OH is 1. The van der Waals surface area contributed by atoms with Gasteiger partial charge in [0.25, 0.3) is 0 Å². The summed E-state index contributed by atoms with van der Waals surface area (Å²) in [6, 6.07) is 3.60. The number of rotatable bonds is 2. The van der Waals surface area contributed by atoms with Gasteiger partial charge in [-0.3, -0.25) is 0 Å². The SMILES string of the molecule is Cc1nc(C)n2cc(C(N)CO)ccc12. The molecule has 0 spiro atoms. The summed E-state index contributed by atoms with van der Waals surface area (Å²) in [6.07, 6.45) is 1.94. The second-order valence-electron chi connectivity index (χ2n) is 3.75. The van der Waals surface area contributed by atoms with Crippen molar-refractivity contribution in [2.75, 3.05) is 6.61 Å². The summed E-state index contributed by atoms with van der Waals surface area (Å²) < 4.78 is 2.00. The zero-order chi connectivity index (χ0) is 11.0. The summed E-state index contributed by atoms with van der Waals surface area (Å²) >= 11 is 0. The van der Waals surface area contributed by atoms with E-state index in [0.717, 1.165) is 22.6 Å². The van der Waals surface area contributed by atoms with Crippen LogP contribution in [0.1, 0.15) is 23.1 Å². The minimum absolute atomic E-state index is 0.0434. The Labute approximate surface area is 88.4 Å². The van der Waals surface area contributed by atoms with E-state index >= 15 is 0 Å². The summed E-state index contributed by atoms with van der Waals surface area (Å²) in [4.78, 5) is 4.38. The number of aliphatic hydroxyl groups is 1. The van der Waals surface area contributed by atoms with E-state index in [9.17, 15) is 0 Å². The summed E-state index contributed by atoms with van der Waals surface area (Å²) in [7, 11) is 0. The van der Waals surface area contributed by atoms with Crippen molar-refractivity contribution in [1.29, 1.82) is 0 Å². The number of hydrogen-bond donors (Lipinski definition) is 2. The molecule has 1 unspecified atom stereocenters. The van der Waals surface area contributed by atoms with Crippen LogP contribution in [0.4, 0.5) is 0 Å². The van der Waals surface area contributed by atoms with Gasteiger partial charge in [-0.2, -0.15) is 0 Å². The van der Waals surface area contributed by atoms with Crippen molar-refractivity contribution in [2.45, 2.75) is 19.9 Å². The zero-order valence-corrected chi connectivity index (χ0v) is 8.94. The Morgan fingerprint density at radius 1 is 1.47 bits per heavy atom. The van der Waals surface area contributed by atoms with Crippen LogP contribution in [0.25, 0.3) is 5.52 Å². The average Bonchev–Trinajstić information content (AvgIpc) is 2.53. The van der Waals surface area contributed by atoms with E-state index in [2.05, 4.69) is 4.98 Å². The molecule has 1 atom stereocenters. The molecule has 0 amide bonds. The molecule has 0 fully saturated rings. The van der Waals surface area contributed by atoms with E-state index in [4.69, 9.17) is 10.8 Å². The first-order chi connectivity index (χ1) is 7.13. The number of fused-ring (bicyclic) bond motifs is 1. The molecule has 0 aliphatic rings. The fourth-order valence-electron chi connectivity index (χ4n) is 1.76. The smallest absolute Gasteiger partial charge is 0.110 e. The highest BCUT2D eigenvalue weighted by Crippen LogP contribution is 2.16. The van der Waals surface area contributed by atoms with E-state index < -0.39 is 0 Å². The molecule has 0 radical (unpaired) electrons. The number of pyridine rings is 1. The van der Waals surface area contributed by atoms with Gasteiger partial charge in [-0.05, 0) is 25.5 Å². The molecular formula is C11H15N3O. The molecule has 15 heavy (non-hydrogen) atoms. The third-order valence-corrected chi connectivity index (χ3v) is 2.65. The molecular weight excluding hydrogens is 190 g/mol. The van der Waals surface area contributed by atoms with Crippen LogP contribution in [0.3, 0.4) is 0 Å². The third kappa shape index (κ3) is 1.62. The first-order valence-corrected chi connectivity index (χ1v) is 4.95. The second-order valence-corrected chi connectivity index (χ2v) is 3.75. The topological polar surface area (TPSA) is 63.5 Å². The van der Waals surface area contributed by atoms with Crippen LogP contribution in [0.5, 0.6) is 0 Å². The average molecular weight is 205 g/mol. The molecule has 4 heteroatoms. The zero-order valence-electron chi connectivity index (χ0n) is 8.94. The van der Waals surface area contributed by atoms with Gasteiger partial charge in [0.15, 0.2) is 0 Å². The molecule has 2 aromatic rings. The quantitative estimate of drug-likeness (QED) is 0.767. The Morgan fingerprint density at radius 2 is 2.20 bits per heavy atom. The van der Waals surface area contributed by atoms with Crippen LogP contribution < -0.4 is 5.73 Å². The summed E-state index contributed by atoms with van der Waals surface area (Å²) in [5.41, 5.74) is 8.78. The van der Waals surface area contributed by atoms with Gasteiger partial charge >= 0.3 is 0 Å². The van der Waals surface area contributed by atoms with Crippen molar-refractivity contribution in [3.8, 4) is 0 Å². The molecule has 2 aromatic heterocycles. The van der Waals surface area contributed by atoms with Crippen molar-refractivity contribution in [1.82, 2.24) is 9.38 Å². The van der Waals surface area contributed by atoms with Crippen LogP contribution in [-0.4, -0.2) is 21.1 Å². The predicted molar refractivity (Wildman–Crippen MR) is 58.7 cm³/mol. The molecule has 4 nitrogen and oxygen atoms in total. The van der Waals surface area contributed by atoms with Gasteiger partial charge in [-0.25, -0.2) is 4.98 Å². The van der Waals surface area contributed by atoms with Gasteiger partial charge in [0.2, 0.25) is 0 Å². The fraction of sp³-hybridized carbons (Fsp3) is 0.364. The maximum Gasteiger partial charge on any atom is 0.110 e. The lowest BCUT2D eigenvalue weighted by Gasteiger charge is -2.09. The molecule has 3 N–H and O–H groups in total. The van der Waals surface area contributed by atoms with Crippen molar-refractivity contribution in [3.63, 3.8) is 0 Å². The number of aromatic nitrogens is 2. The lowest BCUT2D eigenvalue weighted by atomic mass is 10.1. The van der Waals surface area contributed by atoms with Crippen LogP contribution in [0.2, 0.25) is 0 Å². The molecule has 0 aliphatic carbocycles. The monoisotopic (exact) mass is 205 g/mol. The highest BCUT2D eigenvalue weighted by atomic mass is 16.3. The molecule has 0 saturated carbocycles. The lowest BCUT2D eigenvalue weighted by Crippen LogP contribution is -2.15. The van der Waals surface area contributed by atoms with Gasteiger partial charge in [0, 0.05) is 6.20 Å². The highest BCUT2D eigenvalue weighted by Gasteiger charge is 2.08.